The van der Waals surface area contributed by atoms with Crippen molar-refractivity contribution in [2.45, 2.75) is 26.3 Å². The molecule has 7 heavy (non-hydrogen) atoms. The van der Waals surface area contributed by atoms with Crippen LogP contribution in [0.2, 0.25) is 0 Å². The summed E-state index contributed by atoms with van der Waals surface area (Å²) in [5, 5.41) is 7.44. The SMILES string of the molecule is CC1N=NC(C)O1. The van der Waals surface area contributed by atoms with Crippen LogP contribution in [0.4, 0.5) is 0 Å². The van der Waals surface area contributed by atoms with Crippen molar-refractivity contribution in [1.82, 2.24) is 0 Å². The van der Waals surface area contributed by atoms with Crippen molar-refractivity contribution in [2.75, 3.05) is 0 Å². The molecule has 0 saturated heterocycles. The molecule has 3 heteroatoms. The second-order valence-corrected chi connectivity index (χ2v) is 1.57. The molecular weight excluding hydrogens is 92.1 g/mol. The zero-order valence-corrected chi connectivity index (χ0v) is 4.46. The lowest BCUT2D eigenvalue weighted by molar-refractivity contribution is 0.0563. The molecule has 1 rings (SSSR count). The number of rotatable bonds is 0. The third kappa shape index (κ3) is 0.962. The highest BCUT2D eigenvalue weighted by atomic mass is 16.5. The van der Waals surface area contributed by atoms with Crippen molar-refractivity contribution in [3.05, 3.63) is 0 Å². The highest BCUT2D eigenvalue weighted by Gasteiger charge is 2.11. The number of azo groups is 1. The Bertz CT molecular complexity index is 81.7. The zero-order valence-electron chi connectivity index (χ0n) is 4.46. The van der Waals surface area contributed by atoms with Gasteiger partial charge in [0.1, 0.15) is 0 Å². The molecule has 0 radical (unpaired) electrons. The summed E-state index contributed by atoms with van der Waals surface area (Å²) >= 11 is 0. The average molecular weight is 100 g/mol. The van der Waals surface area contributed by atoms with Gasteiger partial charge in [-0.2, -0.15) is 10.2 Å². The molecule has 0 aromatic heterocycles. The third-order valence-electron chi connectivity index (χ3n) is 0.786. The van der Waals surface area contributed by atoms with Gasteiger partial charge in [0.2, 0.25) is 0 Å². The van der Waals surface area contributed by atoms with Crippen molar-refractivity contribution < 1.29 is 4.74 Å². The minimum atomic E-state index is -0.0185. The van der Waals surface area contributed by atoms with Crippen molar-refractivity contribution in [2.24, 2.45) is 10.2 Å². The fraction of sp³-hybridized carbons (Fsp3) is 1.00. The molecule has 0 saturated carbocycles. The Morgan fingerprint density at radius 2 is 1.57 bits per heavy atom. The molecule has 0 fully saturated rings. The first-order chi connectivity index (χ1) is 3.29. The van der Waals surface area contributed by atoms with Crippen molar-refractivity contribution in [3.8, 4) is 0 Å². The Kier molecular flexibility index (Phi) is 1.06. The molecule has 1 aliphatic rings. The minimum absolute atomic E-state index is 0.0185. The van der Waals surface area contributed by atoms with Crippen LogP contribution in [0.1, 0.15) is 13.8 Å². The van der Waals surface area contributed by atoms with Crippen molar-refractivity contribution in [3.63, 3.8) is 0 Å². The summed E-state index contributed by atoms with van der Waals surface area (Å²) in [5.74, 6) is 0. The lowest BCUT2D eigenvalue weighted by Crippen LogP contribution is -2.03. The molecule has 0 N–H and O–H groups in total. The van der Waals surface area contributed by atoms with Crippen LogP contribution in [0.5, 0.6) is 0 Å². The van der Waals surface area contributed by atoms with Gasteiger partial charge in [-0.1, -0.05) is 0 Å². The van der Waals surface area contributed by atoms with E-state index in [1.807, 2.05) is 13.8 Å². The molecule has 0 aromatic rings. The second kappa shape index (κ2) is 1.58. The molecule has 0 aromatic carbocycles. The van der Waals surface area contributed by atoms with Gasteiger partial charge in [0.05, 0.1) is 0 Å². The van der Waals surface area contributed by atoms with Crippen LogP contribution in [-0.2, 0) is 4.74 Å². The molecule has 1 aliphatic heterocycles. The first-order valence-corrected chi connectivity index (χ1v) is 2.34. The maximum absolute atomic E-state index is 5.03. The normalized spacial score (nSPS) is 39.7. The highest BCUT2D eigenvalue weighted by molar-refractivity contribution is 4.53. The van der Waals surface area contributed by atoms with Gasteiger partial charge in [0.15, 0.2) is 12.5 Å². The lowest BCUT2D eigenvalue weighted by Gasteiger charge is -1.96. The molecule has 40 valence electrons. The van der Waals surface area contributed by atoms with E-state index in [9.17, 15) is 0 Å². The largest absolute Gasteiger partial charge is 0.329 e. The van der Waals surface area contributed by atoms with E-state index in [-0.39, 0.29) is 12.5 Å². The number of hydrogen-bond acceptors (Lipinski definition) is 3. The molecule has 0 spiro atoms. The molecule has 0 aliphatic carbocycles. The van der Waals surface area contributed by atoms with Crippen LogP contribution in [0.15, 0.2) is 10.2 Å². The van der Waals surface area contributed by atoms with Crippen LogP contribution in [0, 0.1) is 0 Å². The molecule has 3 nitrogen and oxygen atoms in total. The first kappa shape index (κ1) is 4.71. The molecule has 0 amide bonds. The summed E-state index contributed by atoms with van der Waals surface area (Å²) in [7, 11) is 0. The second-order valence-electron chi connectivity index (χ2n) is 1.57. The predicted octanol–water partition coefficient (Wildman–Crippen LogP) is 1.16. The van der Waals surface area contributed by atoms with Crippen LogP contribution in [0.25, 0.3) is 0 Å². The van der Waals surface area contributed by atoms with Gasteiger partial charge in [-0.05, 0) is 13.8 Å². The van der Waals surface area contributed by atoms with E-state index in [1.54, 1.807) is 0 Å². The average Bonchev–Trinajstić information content (AvgIpc) is 1.87. The molecule has 2 atom stereocenters. The molecule has 1 heterocycles. The Balaban J connectivity index is 2.42. The van der Waals surface area contributed by atoms with Gasteiger partial charge in [-0.3, -0.25) is 0 Å². The monoisotopic (exact) mass is 100 g/mol. The van der Waals surface area contributed by atoms with Gasteiger partial charge in [-0.25, -0.2) is 0 Å². The van der Waals surface area contributed by atoms with E-state index in [2.05, 4.69) is 10.2 Å². The molecule has 2 unspecified atom stereocenters. The van der Waals surface area contributed by atoms with E-state index in [0.29, 0.717) is 0 Å². The zero-order chi connectivity index (χ0) is 5.28. The molecule has 0 bridgehead atoms. The van der Waals surface area contributed by atoms with Crippen LogP contribution in [-0.4, -0.2) is 12.5 Å². The maximum atomic E-state index is 5.03. The fourth-order valence-electron chi connectivity index (χ4n) is 0.527. The third-order valence-corrected chi connectivity index (χ3v) is 0.786. The van der Waals surface area contributed by atoms with Crippen LogP contribution >= 0.6 is 0 Å². The van der Waals surface area contributed by atoms with E-state index in [4.69, 9.17) is 4.74 Å². The van der Waals surface area contributed by atoms with Crippen molar-refractivity contribution >= 4 is 0 Å². The van der Waals surface area contributed by atoms with Crippen LogP contribution < -0.4 is 0 Å². The topological polar surface area (TPSA) is 34.0 Å². The van der Waals surface area contributed by atoms with E-state index < -0.39 is 0 Å². The minimum Gasteiger partial charge on any atom is -0.329 e. The quantitative estimate of drug-likeness (QED) is 0.449. The Hall–Kier alpha value is -0.440. The lowest BCUT2D eigenvalue weighted by atomic mass is 10.7. The Morgan fingerprint density at radius 3 is 1.71 bits per heavy atom. The number of hydrogen-bond donors (Lipinski definition) is 0. The standard InChI is InChI=1S/C4H8N2O/c1-3-5-6-4(2)7-3/h3-4H,1-2H3. The Morgan fingerprint density at radius 1 is 1.14 bits per heavy atom. The number of ether oxygens (including phenoxy) is 1. The van der Waals surface area contributed by atoms with Gasteiger partial charge in [0, 0.05) is 0 Å². The summed E-state index contributed by atoms with van der Waals surface area (Å²) in [6.07, 6.45) is -0.0370. The van der Waals surface area contributed by atoms with E-state index >= 15 is 0 Å². The highest BCUT2D eigenvalue weighted by Crippen LogP contribution is 2.08. The van der Waals surface area contributed by atoms with Gasteiger partial charge >= 0.3 is 0 Å². The molecular formula is C4H8N2O. The summed E-state index contributed by atoms with van der Waals surface area (Å²) in [5.41, 5.74) is 0. The summed E-state index contributed by atoms with van der Waals surface area (Å²) < 4.78 is 5.03. The van der Waals surface area contributed by atoms with E-state index in [0.717, 1.165) is 0 Å². The van der Waals surface area contributed by atoms with Crippen molar-refractivity contribution in [1.29, 1.82) is 0 Å². The predicted molar refractivity (Wildman–Crippen MR) is 24.9 cm³/mol. The summed E-state index contributed by atoms with van der Waals surface area (Å²) in [4.78, 5) is 0. The van der Waals surface area contributed by atoms with E-state index in [1.165, 1.54) is 0 Å². The summed E-state index contributed by atoms with van der Waals surface area (Å²) in [6, 6.07) is 0. The smallest absolute Gasteiger partial charge is 0.168 e. The van der Waals surface area contributed by atoms with Crippen LogP contribution in [0.3, 0.4) is 0 Å². The van der Waals surface area contributed by atoms with Gasteiger partial charge in [-0.15, -0.1) is 0 Å². The Labute approximate surface area is 42.4 Å². The van der Waals surface area contributed by atoms with Gasteiger partial charge < -0.3 is 4.74 Å². The fourth-order valence-corrected chi connectivity index (χ4v) is 0.527. The maximum Gasteiger partial charge on any atom is 0.168 e. The number of nitrogens with zero attached hydrogens (tertiary/aromatic N) is 2. The first-order valence-electron chi connectivity index (χ1n) is 2.34. The summed E-state index contributed by atoms with van der Waals surface area (Å²) in [6.45, 7) is 3.74. The van der Waals surface area contributed by atoms with Gasteiger partial charge in [0.25, 0.3) is 0 Å².